The molecule has 0 unspecified atom stereocenters. The summed E-state index contributed by atoms with van der Waals surface area (Å²) in [7, 11) is 3.22. The number of hydrogen-bond donors (Lipinski definition) is 1. The van der Waals surface area contributed by atoms with Crippen molar-refractivity contribution in [3.8, 4) is 5.75 Å². The van der Waals surface area contributed by atoms with E-state index in [1.165, 1.54) is 0 Å². The van der Waals surface area contributed by atoms with Crippen LogP contribution in [0.1, 0.15) is 19.3 Å². The average Bonchev–Trinajstić information content (AvgIpc) is 3.25. The second-order valence-electron chi connectivity index (χ2n) is 7.69. The molecule has 9 nitrogen and oxygen atoms in total. The molecule has 0 atom stereocenters. The van der Waals surface area contributed by atoms with Crippen molar-refractivity contribution in [2.24, 2.45) is 0 Å². The lowest BCUT2D eigenvalue weighted by molar-refractivity contribution is -0.123. The number of nitrogens with zero attached hydrogens (tertiary/aromatic N) is 4. The van der Waals surface area contributed by atoms with Gasteiger partial charge in [-0.3, -0.25) is 9.69 Å². The van der Waals surface area contributed by atoms with Crippen LogP contribution in [-0.2, 0) is 15.1 Å². The van der Waals surface area contributed by atoms with Crippen LogP contribution in [-0.4, -0.2) is 67.1 Å². The molecule has 2 aliphatic heterocycles. The van der Waals surface area contributed by atoms with Crippen molar-refractivity contribution in [3.05, 3.63) is 36.5 Å². The van der Waals surface area contributed by atoms with E-state index in [1.54, 1.807) is 36.3 Å². The van der Waals surface area contributed by atoms with Gasteiger partial charge >= 0.3 is 6.03 Å². The van der Waals surface area contributed by atoms with E-state index >= 15 is 0 Å². The number of amides is 3. The van der Waals surface area contributed by atoms with E-state index in [9.17, 15) is 9.59 Å². The van der Waals surface area contributed by atoms with Crippen molar-refractivity contribution in [2.75, 3.05) is 50.7 Å². The lowest BCUT2D eigenvalue weighted by Gasteiger charge is -2.46. The molecule has 1 fully saturated rings. The van der Waals surface area contributed by atoms with Crippen LogP contribution in [0.25, 0.3) is 0 Å². The van der Waals surface area contributed by atoms with E-state index in [4.69, 9.17) is 9.47 Å². The normalized spacial score (nSPS) is 17.7. The quantitative estimate of drug-likeness (QED) is 0.813. The molecule has 30 heavy (non-hydrogen) atoms. The Labute approximate surface area is 175 Å². The number of urea groups is 1. The SMILES string of the molecule is COCCN1C(=O)CC2(CCN(C(=O)Nc3cccc(OC)c3)CC2)n2nccc21. The van der Waals surface area contributed by atoms with Gasteiger partial charge in [0.05, 0.1) is 38.4 Å². The van der Waals surface area contributed by atoms with E-state index < -0.39 is 0 Å². The summed E-state index contributed by atoms with van der Waals surface area (Å²) in [6.45, 7) is 2.09. The number of methoxy groups -OCH3 is 2. The van der Waals surface area contributed by atoms with Crippen LogP contribution in [0, 0.1) is 0 Å². The molecule has 3 amide bonds. The average molecular weight is 413 g/mol. The Kier molecular flexibility index (Phi) is 5.63. The van der Waals surface area contributed by atoms with Gasteiger partial charge in [0.1, 0.15) is 11.6 Å². The number of nitrogens with one attached hydrogen (secondary N) is 1. The Morgan fingerprint density at radius 1 is 1.23 bits per heavy atom. The molecule has 4 rings (SSSR count). The molecule has 1 spiro atoms. The molecule has 0 radical (unpaired) electrons. The molecule has 1 aromatic carbocycles. The van der Waals surface area contributed by atoms with Crippen LogP contribution >= 0.6 is 0 Å². The van der Waals surface area contributed by atoms with Crippen LogP contribution < -0.4 is 15.0 Å². The highest BCUT2D eigenvalue weighted by Gasteiger charge is 2.46. The van der Waals surface area contributed by atoms with Gasteiger partial charge in [-0.2, -0.15) is 5.10 Å². The van der Waals surface area contributed by atoms with Gasteiger partial charge in [-0.05, 0) is 25.0 Å². The Bertz CT molecular complexity index is 920. The minimum Gasteiger partial charge on any atom is -0.497 e. The maximum Gasteiger partial charge on any atom is 0.321 e. The van der Waals surface area contributed by atoms with Crippen molar-refractivity contribution in [1.29, 1.82) is 0 Å². The molecule has 2 aromatic rings. The molecule has 0 saturated carbocycles. The lowest BCUT2D eigenvalue weighted by atomic mass is 9.82. The molecule has 2 aliphatic rings. The van der Waals surface area contributed by atoms with E-state index in [1.807, 2.05) is 28.9 Å². The molecular formula is C21H27N5O4. The third-order valence-corrected chi connectivity index (χ3v) is 5.95. The highest BCUT2D eigenvalue weighted by Crippen LogP contribution is 2.40. The first-order chi connectivity index (χ1) is 14.6. The smallest absolute Gasteiger partial charge is 0.321 e. The standard InChI is InChI=1S/C21H27N5O4/c1-29-13-12-25-18-6-9-22-26(18)21(15-19(25)27)7-10-24(11-8-21)20(28)23-16-4-3-5-17(14-16)30-2/h3-6,9,14H,7-8,10-13,15H2,1-2H3,(H,23,28). The predicted molar refractivity (Wildman–Crippen MR) is 112 cm³/mol. The summed E-state index contributed by atoms with van der Waals surface area (Å²) in [5, 5.41) is 7.46. The number of carbonyl (C=O) groups excluding carboxylic acids is 2. The summed E-state index contributed by atoms with van der Waals surface area (Å²) in [6.07, 6.45) is 3.47. The zero-order chi connectivity index (χ0) is 21.1. The van der Waals surface area contributed by atoms with Gasteiger partial charge < -0.3 is 19.7 Å². The van der Waals surface area contributed by atoms with Crippen LogP contribution in [0.2, 0.25) is 0 Å². The molecule has 9 heteroatoms. The predicted octanol–water partition coefficient (Wildman–Crippen LogP) is 2.30. The van der Waals surface area contributed by atoms with Gasteiger partial charge in [-0.25, -0.2) is 9.48 Å². The number of likely N-dealkylation sites (tertiary alicyclic amines) is 1. The zero-order valence-electron chi connectivity index (χ0n) is 17.3. The van der Waals surface area contributed by atoms with E-state index in [2.05, 4.69) is 10.4 Å². The minimum atomic E-state index is -0.383. The van der Waals surface area contributed by atoms with Crippen molar-refractivity contribution < 1.29 is 19.1 Å². The Morgan fingerprint density at radius 3 is 2.77 bits per heavy atom. The van der Waals surface area contributed by atoms with Gasteiger partial charge in [0.2, 0.25) is 5.91 Å². The van der Waals surface area contributed by atoms with Crippen LogP contribution in [0.3, 0.4) is 0 Å². The molecule has 1 N–H and O–H groups in total. The summed E-state index contributed by atoms with van der Waals surface area (Å²) in [5.41, 5.74) is 0.308. The summed E-state index contributed by atoms with van der Waals surface area (Å²) < 4.78 is 12.3. The number of fused-ring (bicyclic) bond motifs is 2. The van der Waals surface area contributed by atoms with Gasteiger partial charge in [0.15, 0.2) is 0 Å². The van der Waals surface area contributed by atoms with E-state index in [0.29, 0.717) is 56.9 Å². The van der Waals surface area contributed by atoms with Gasteiger partial charge in [-0.1, -0.05) is 6.07 Å². The number of hydrogen-bond acceptors (Lipinski definition) is 5. The Morgan fingerprint density at radius 2 is 2.03 bits per heavy atom. The highest BCUT2D eigenvalue weighted by atomic mass is 16.5. The van der Waals surface area contributed by atoms with Crippen molar-refractivity contribution in [3.63, 3.8) is 0 Å². The van der Waals surface area contributed by atoms with Gasteiger partial charge in [0, 0.05) is 38.0 Å². The maximum absolute atomic E-state index is 12.9. The first-order valence-electron chi connectivity index (χ1n) is 10.1. The van der Waals surface area contributed by atoms with E-state index in [0.717, 1.165) is 5.82 Å². The van der Waals surface area contributed by atoms with Crippen molar-refractivity contribution in [1.82, 2.24) is 14.7 Å². The Hall–Kier alpha value is -3.07. The number of ether oxygens (including phenoxy) is 2. The molecule has 3 heterocycles. The first kappa shape index (κ1) is 20.2. The largest absolute Gasteiger partial charge is 0.497 e. The topological polar surface area (TPSA) is 88.9 Å². The zero-order valence-corrected chi connectivity index (χ0v) is 17.3. The van der Waals surface area contributed by atoms with E-state index in [-0.39, 0.29) is 17.5 Å². The third kappa shape index (κ3) is 3.72. The number of rotatable bonds is 5. The monoisotopic (exact) mass is 413 g/mol. The summed E-state index contributed by atoms with van der Waals surface area (Å²) >= 11 is 0. The second kappa shape index (κ2) is 8.35. The number of piperidine rings is 1. The summed E-state index contributed by atoms with van der Waals surface area (Å²) in [6, 6.07) is 9.00. The lowest BCUT2D eigenvalue weighted by Crippen LogP contribution is -2.55. The fourth-order valence-corrected chi connectivity index (χ4v) is 4.29. The summed E-state index contributed by atoms with van der Waals surface area (Å²) in [4.78, 5) is 29.1. The van der Waals surface area contributed by atoms with Crippen LogP contribution in [0.15, 0.2) is 36.5 Å². The Balaban J connectivity index is 1.44. The first-order valence-corrected chi connectivity index (χ1v) is 10.1. The number of carbonyl (C=O) groups is 2. The van der Waals surface area contributed by atoms with Crippen molar-refractivity contribution >= 4 is 23.4 Å². The third-order valence-electron chi connectivity index (χ3n) is 5.95. The molecule has 1 aromatic heterocycles. The van der Waals surface area contributed by atoms with Crippen LogP contribution in [0.4, 0.5) is 16.3 Å². The minimum absolute atomic E-state index is 0.0781. The number of aromatic nitrogens is 2. The summed E-state index contributed by atoms with van der Waals surface area (Å²) in [5.74, 6) is 1.57. The number of benzene rings is 1. The van der Waals surface area contributed by atoms with Gasteiger partial charge in [-0.15, -0.1) is 0 Å². The fraction of sp³-hybridized carbons (Fsp3) is 0.476. The second-order valence-corrected chi connectivity index (χ2v) is 7.69. The highest BCUT2D eigenvalue weighted by molar-refractivity contribution is 5.95. The van der Waals surface area contributed by atoms with Crippen LogP contribution in [0.5, 0.6) is 5.75 Å². The molecule has 1 saturated heterocycles. The fourth-order valence-electron chi connectivity index (χ4n) is 4.29. The van der Waals surface area contributed by atoms with Gasteiger partial charge in [0.25, 0.3) is 0 Å². The molecule has 0 bridgehead atoms. The maximum atomic E-state index is 12.9. The van der Waals surface area contributed by atoms with Crippen molar-refractivity contribution in [2.45, 2.75) is 24.8 Å². The number of anilines is 2. The molecule has 160 valence electrons. The molecular weight excluding hydrogens is 386 g/mol. The molecule has 0 aliphatic carbocycles.